The monoisotopic (exact) mass is 238 g/mol. The average Bonchev–Trinajstić information content (AvgIpc) is 3.05. The van der Waals surface area contributed by atoms with Crippen LogP contribution in [0.1, 0.15) is 24.0 Å². The molecule has 0 amide bonds. The average molecular weight is 238 g/mol. The highest BCUT2D eigenvalue weighted by Crippen LogP contribution is 2.21. The van der Waals surface area contributed by atoms with E-state index in [-0.39, 0.29) is 0 Å². The molecule has 2 aromatic rings. The topological polar surface area (TPSA) is 19.0 Å². The fourth-order valence-corrected chi connectivity index (χ4v) is 2.76. The first-order chi connectivity index (χ1) is 8.86. The van der Waals surface area contributed by atoms with E-state index in [0.29, 0.717) is 0 Å². The van der Waals surface area contributed by atoms with Crippen LogP contribution in [-0.4, -0.2) is 29.5 Å². The van der Waals surface area contributed by atoms with E-state index in [0.717, 1.165) is 18.5 Å². The smallest absolute Gasteiger partial charge is 0.0457 e. The van der Waals surface area contributed by atoms with Gasteiger partial charge in [0.2, 0.25) is 0 Å². The molecule has 0 atom stereocenters. The van der Waals surface area contributed by atoms with Crippen molar-refractivity contribution < 1.29 is 0 Å². The van der Waals surface area contributed by atoms with Gasteiger partial charge in [0.1, 0.15) is 0 Å². The third-order valence-corrected chi connectivity index (χ3v) is 3.83. The van der Waals surface area contributed by atoms with E-state index in [1.165, 1.54) is 42.4 Å². The molecule has 0 bridgehead atoms. The minimum atomic E-state index is 0.963. The van der Waals surface area contributed by atoms with Gasteiger partial charge in [-0.3, -0.25) is 0 Å². The summed E-state index contributed by atoms with van der Waals surface area (Å²) in [5, 5.41) is 1.28. The van der Waals surface area contributed by atoms with E-state index in [1.54, 1.807) is 0 Å². The summed E-state index contributed by atoms with van der Waals surface area (Å²) in [6, 6.07) is 6.18. The highest BCUT2D eigenvalue weighted by molar-refractivity contribution is 5.84. The number of terminal acetylenes is 1. The molecule has 0 unspecified atom stereocenters. The summed E-state index contributed by atoms with van der Waals surface area (Å²) in [6.45, 7) is 3.68. The first kappa shape index (κ1) is 11.4. The summed E-state index contributed by atoms with van der Waals surface area (Å²) in [5.74, 6) is 2.71. The fraction of sp³-hybridized carbons (Fsp3) is 0.375. The molecule has 1 aromatic carbocycles. The van der Waals surface area contributed by atoms with Crippen LogP contribution in [0, 0.1) is 12.3 Å². The van der Waals surface area contributed by atoms with Crippen molar-refractivity contribution in [1.82, 2.24) is 9.88 Å². The van der Waals surface area contributed by atoms with Crippen LogP contribution in [0.4, 0.5) is 0 Å². The number of nitrogens with one attached hydrogen (secondary N) is 1. The highest BCUT2D eigenvalue weighted by atomic mass is 15.1. The number of hydrogen-bond acceptors (Lipinski definition) is 1. The molecule has 18 heavy (non-hydrogen) atoms. The summed E-state index contributed by atoms with van der Waals surface area (Å²) in [5.41, 5.74) is 3.53. The van der Waals surface area contributed by atoms with Gasteiger partial charge in [-0.05, 0) is 56.1 Å². The Morgan fingerprint density at radius 1 is 1.28 bits per heavy atom. The van der Waals surface area contributed by atoms with Crippen molar-refractivity contribution in [1.29, 1.82) is 0 Å². The quantitative estimate of drug-likeness (QED) is 0.815. The van der Waals surface area contributed by atoms with Crippen LogP contribution in [0.3, 0.4) is 0 Å². The molecule has 2 heteroatoms. The number of aromatic amines is 1. The number of nitrogens with zero attached hydrogens (tertiary/aromatic N) is 1. The number of H-pyrrole nitrogens is 1. The Bertz CT molecular complexity index is 583. The van der Waals surface area contributed by atoms with Gasteiger partial charge in [0.05, 0.1) is 0 Å². The normalized spacial score (nSPS) is 16.2. The van der Waals surface area contributed by atoms with Crippen LogP contribution >= 0.6 is 0 Å². The molecule has 1 aliphatic heterocycles. The van der Waals surface area contributed by atoms with Gasteiger partial charge in [0.25, 0.3) is 0 Å². The van der Waals surface area contributed by atoms with Gasteiger partial charge in [-0.2, -0.15) is 0 Å². The lowest BCUT2D eigenvalue weighted by atomic mass is 10.1. The Balaban J connectivity index is 1.80. The molecule has 1 saturated heterocycles. The number of aromatic nitrogens is 1. The summed E-state index contributed by atoms with van der Waals surface area (Å²) in [7, 11) is 0. The Morgan fingerprint density at radius 2 is 2.11 bits per heavy atom. The maximum atomic E-state index is 5.46. The minimum absolute atomic E-state index is 0.963. The van der Waals surface area contributed by atoms with Gasteiger partial charge in [0, 0.05) is 29.2 Å². The molecule has 0 aliphatic carbocycles. The first-order valence-corrected chi connectivity index (χ1v) is 6.66. The van der Waals surface area contributed by atoms with Gasteiger partial charge >= 0.3 is 0 Å². The van der Waals surface area contributed by atoms with Crippen LogP contribution in [0.15, 0.2) is 24.4 Å². The molecule has 1 fully saturated rings. The van der Waals surface area contributed by atoms with Gasteiger partial charge in [-0.25, -0.2) is 0 Å². The molecule has 1 aliphatic rings. The van der Waals surface area contributed by atoms with Crippen LogP contribution in [0.2, 0.25) is 0 Å². The van der Waals surface area contributed by atoms with Crippen molar-refractivity contribution >= 4 is 10.9 Å². The maximum absolute atomic E-state index is 5.46. The molecule has 2 heterocycles. The van der Waals surface area contributed by atoms with Crippen LogP contribution in [0.5, 0.6) is 0 Å². The SMILES string of the molecule is C#Cc1ccc2[nH]cc(CCN3CCCC3)c2c1. The predicted octanol–water partition coefficient (Wildman–Crippen LogP) is 2.79. The second-order valence-corrected chi connectivity index (χ2v) is 5.02. The van der Waals surface area contributed by atoms with E-state index < -0.39 is 0 Å². The van der Waals surface area contributed by atoms with Crippen LogP contribution in [0.25, 0.3) is 10.9 Å². The summed E-state index contributed by atoms with van der Waals surface area (Å²) in [4.78, 5) is 5.87. The molecule has 92 valence electrons. The van der Waals surface area contributed by atoms with E-state index in [1.807, 2.05) is 6.07 Å². The van der Waals surface area contributed by atoms with Gasteiger partial charge < -0.3 is 9.88 Å². The van der Waals surface area contributed by atoms with Crippen molar-refractivity contribution in [3.05, 3.63) is 35.5 Å². The Labute approximate surface area is 108 Å². The third kappa shape index (κ3) is 2.14. The minimum Gasteiger partial charge on any atom is -0.361 e. The van der Waals surface area contributed by atoms with Gasteiger partial charge in [-0.15, -0.1) is 6.42 Å². The number of hydrogen-bond donors (Lipinski definition) is 1. The second-order valence-electron chi connectivity index (χ2n) is 5.02. The van der Waals surface area contributed by atoms with Crippen molar-refractivity contribution in [2.24, 2.45) is 0 Å². The van der Waals surface area contributed by atoms with Crippen molar-refractivity contribution in [3.63, 3.8) is 0 Å². The van der Waals surface area contributed by atoms with Gasteiger partial charge in [0.15, 0.2) is 0 Å². The molecule has 0 spiro atoms. The third-order valence-electron chi connectivity index (χ3n) is 3.83. The largest absolute Gasteiger partial charge is 0.361 e. The van der Waals surface area contributed by atoms with Crippen molar-refractivity contribution in [2.45, 2.75) is 19.3 Å². The zero-order valence-corrected chi connectivity index (χ0v) is 10.6. The predicted molar refractivity (Wildman–Crippen MR) is 75.6 cm³/mol. The lowest BCUT2D eigenvalue weighted by Crippen LogP contribution is -2.21. The molecular weight excluding hydrogens is 220 g/mol. The lowest BCUT2D eigenvalue weighted by Gasteiger charge is -2.13. The standard InChI is InChI=1S/C16H18N2/c1-2-13-5-6-16-15(11-13)14(12-17-16)7-10-18-8-3-4-9-18/h1,5-6,11-12,17H,3-4,7-10H2. The molecule has 1 N–H and O–H groups in total. The Hall–Kier alpha value is -1.72. The zero-order valence-electron chi connectivity index (χ0n) is 10.6. The Morgan fingerprint density at radius 3 is 2.89 bits per heavy atom. The number of benzene rings is 1. The van der Waals surface area contributed by atoms with Crippen LogP contribution in [-0.2, 0) is 6.42 Å². The molecule has 3 rings (SSSR count). The number of rotatable bonds is 3. The van der Waals surface area contributed by atoms with E-state index in [4.69, 9.17) is 6.42 Å². The number of fused-ring (bicyclic) bond motifs is 1. The maximum Gasteiger partial charge on any atom is 0.0457 e. The van der Waals surface area contributed by atoms with Crippen molar-refractivity contribution in [2.75, 3.05) is 19.6 Å². The molecule has 2 nitrogen and oxygen atoms in total. The first-order valence-electron chi connectivity index (χ1n) is 6.66. The van der Waals surface area contributed by atoms with Gasteiger partial charge in [-0.1, -0.05) is 5.92 Å². The highest BCUT2D eigenvalue weighted by Gasteiger charge is 2.12. The summed E-state index contributed by atoms with van der Waals surface area (Å²) in [6.07, 6.45) is 11.4. The molecule has 0 saturated carbocycles. The second kappa shape index (κ2) is 4.88. The molecular formula is C16H18N2. The van der Waals surface area contributed by atoms with Crippen LogP contribution < -0.4 is 0 Å². The summed E-state index contributed by atoms with van der Waals surface area (Å²) < 4.78 is 0. The molecule has 1 aromatic heterocycles. The molecule has 0 radical (unpaired) electrons. The Kier molecular flexibility index (Phi) is 3.08. The van der Waals surface area contributed by atoms with Crippen molar-refractivity contribution in [3.8, 4) is 12.3 Å². The van der Waals surface area contributed by atoms with E-state index in [2.05, 4.69) is 34.1 Å². The van der Waals surface area contributed by atoms with E-state index >= 15 is 0 Å². The fourth-order valence-electron chi connectivity index (χ4n) is 2.76. The number of likely N-dealkylation sites (tertiary alicyclic amines) is 1. The lowest BCUT2D eigenvalue weighted by molar-refractivity contribution is 0.344. The summed E-state index contributed by atoms with van der Waals surface area (Å²) >= 11 is 0. The van der Waals surface area contributed by atoms with E-state index in [9.17, 15) is 0 Å². The zero-order chi connectivity index (χ0) is 12.4.